The Morgan fingerprint density at radius 2 is 1.95 bits per heavy atom. The first kappa shape index (κ1) is 17.7. The molecule has 4 nitrogen and oxygen atoms in total. The summed E-state index contributed by atoms with van der Waals surface area (Å²) in [5.74, 6) is 0.483. The van der Waals surface area contributed by atoms with Crippen LogP contribution in [0, 0.1) is 11.8 Å². The van der Waals surface area contributed by atoms with Gasteiger partial charge >= 0.3 is 5.97 Å². The van der Waals surface area contributed by atoms with E-state index in [2.05, 4.69) is 24.1 Å². The van der Waals surface area contributed by atoms with Crippen LogP contribution >= 0.6 is 0 Å². The zero-order valence-corrected chi connectivity index (χ0v) is 14.4. The van der Waals surface area contributed by atoms with E-state index in [-0.39, 0.29) is 0 Å². The highest BCUT2D eigenvalue weighted by Crippen LogP contribution is 2.25. The monoisotopic (exact) mass is 310 g/mol. The van der Waals surface area contributed by atoms with E-state index in [1.807, 2.05) is 0 Å². The molecular weight excluding hydrogens is 276 g/mol. The van der Waals surface area contributed by atoms with Gasteiger partial charge in [0, 0.05) is 31.6 Å². The third kappa shape index (κ3) is 5.54. The van der Waals surface area contributed by atoms with Crippen LogP contribution in [0.1, 0.15) is 65.2 Å². The van der Waals surface area contributed by atoms with Crippen LogP contribution in [-0.2, 0) is 4.79 Å². The molecular formula is C18H34N2O2. The molecule has 3 unspecified atom stereocenters. The van der Waals surface area contributed by atoms with Gasteiger partial charge in [0.25, 0.3) is 0 Å². The Hall–Kier alpha value is -0.610. The smallest absolute Gasteiger partial charge is 0.303 e. The molecule has 0 bridgehead atoms. The van der Waals surface area contributed by atoms with Crippen LogP contribution in [-0.4, -0.2) is 47.7 Å². The average Bonchev–Trinajstić information content (AvgIpc) is 2.52. The number of nitrogens with one attached hydrogen (secondary N) is 1. The number of hydrogen-bond acceptors (Lipinski definition) is 3. The van der Waals surface area contributed by atoms with Gasteiger partial charge in [-0.1, -0.05) is 26.2 Å². The summed E-state index contributed by atoms with van der Waals surface area (Å²) < 4.78 is 0. The predicted octanol–water partition coefficient (Wildman–Crippen LogP) is 3.12. The van der Waals surface area contributed by atoms with Crippen molar-refractivity contribution in [1.82, 2.24) is 10.2 Å². The van der Waals surface area contributed by atoms with Crippen molar-refractivity contribution in [3.8, 4) is 0 Å². The maximum absolute atomic E-state index is 11.1. The SMILES string of the molecule is CCC(C)N1CC(CC(=O)O)CC(NCC2CCCCC2)C1. The first-order chi connectivity index (χ1) is 10.6. The van der Waals surface area contributed by atoms with Crippen molar-refractivity contribution in [3.63, 3.8) is 0 Å². The quantitative estimate of drug-likeness (QED) is 0.758. The van der Waals surface area contributed by atoms with Crippen LogP contribution in [0.4, 0.5) is 0 Å². The summed E-state index contributed by atoms with van der Waals surface area (Å²) in [4.78, 5) is 13.6. The Bertz CT molecular complexity index is 342. The molecule has 0 aromatic carbocycles. The third-order valence-electron chi connectivity index (χ3n) is 5.66. The number of likely N-dealkylation sites (tertiary alicyclic amines) is 1. The molecule has 2 rings (SSSR count). The maximum atomic E-state index is 11.1. The van der Waals surface area contributed by atoms with Crippen molar-refractivity contribution < 1.29 is 9.90 Å². The number of carboxylic acids is 1. The lowest BCUT2D eigenvalue weighted by Gasteiger charge is -2.41. The maximum Gasteiger partial charge on any atom is 0.303 e. The van der Waals surface area contributed by atoms with E-state index < -0.39 is 5.97 Å². The minimum absolute atomic E-state index is 0.295. The van der Waals surface area contributed by atoms with E-state index in [9.17, 15) is 4.79 Å². The number of piperidine rings is 1. The number of rotatable bonds is 7. The number of aliphatic carboxylic acids is 1. The summed E-state index contributed by atoms with van der Waals surface area (Å²) in [6.45, 7) is 7.64. The summed E-state index contributed by atoms with van der Waals surface area (Å²) in [6.07, 6.45) is 9.38. The number of nitrogens with zero attached hydrogens (tertiary/aromatic N) is 1. The molecule has 128 valence electrons. The first-order valence-corrected chi connectivity index (χ1v) is 9.27. The highest BCUT2D eigenvalue weighted by Gasteiger charge is 2.30. The lowest BCUT2D eigenvalue weighted by atomic mass is 9.87. The van der Waals surface area contributed by atoms with Gasteiger partial charge < -0.3 is 10.4 Å². The number of hydrogen-bond donors (Lipinski definition) is 2. The minimum atomic E-state index is -0.651. The number of carbonyl (C=O) groups is 1. The summed E-state index contributed by atoms with van der Waals surface area (Å²) >= 11 is 0. The molecule has 2 N–H and O–H groups in total. The predicted molar refractivity (Wildman–Crippen MR) is 90.1 cm³/mol. The fraction of sp³-hybridized carbons (Fsp3) is 0.944. The molecule has 0 aromatic heterocycles. The first-order valence-electron chi connectivity index (χ1n) is 9.27. The summed E-state index contributed by atoms with van der Waals surface area (Å²) in [5, 5.41) is 12.9. The van der Waals surface area contributed by atoms with Crippen LogP contribution < -0.4 is 5.32 Å². The highest BCUT2D eigenvalue weighted by atomic mass is 16.4. The molecule has 3 atom stereocenters. The van der Waals surface area contributed by atoms with Crippen LogP contribution in [0.15, 0.2) is 0 Å². The Labute approximate surface area is 135 Å². The summed E-state index contributed by atoms with van der Waals surface area (Å²) in [6, 6.07) is 1.02. The van der Waals surface area contributed by atoms with Gasteiger partial charge in [0.1, 0.15) is 0 Å². The van der Waals surface area contributed by atoms with E-state index >= 15 is 0 Å². The lowest BCUT2D eigenvalue weighted by Crippen LogP contribution is -2.53. The normalized spacial score (nSPS) is 29.4. The van der Waals surface area contributed by atoms with Gasteiger partial charge in [-0.25, -0.2) is 0 Å². The molecule has 1 saturated heterocycles. The van der Waals surface area contributed by atoms with E-state index in [1.165, 1.54) is 32.1 Å². The molecule has 0 aromatic rings. The fourth-order valence-electron chi connectivity index (χ4n) is 4.13. The van der Waals surface area contributed by atoms with Crippen molar-refractivity contribution >= 4 is 5.97 Å². The van der Waals surface area contributed by atoms with Crippen LogP contribution in [0.5, 0.6) is 0 Å². The molecule has 2 fully saturated rings. The van der Waals surface area contributed by atoms with Crippen molar-refractivity contribution in [2.24, 2.45) is 11.8 Å². The Balaban J connectivity index is 1.85. The van der Waals surface area contributed by atoms with Crippen molar-refractivity contribution in [2.45, 2.75) is 77.3 Å². The molecule has 1 heterocycles. The van der Waals surface area contributed by atoms with Crippen molar-refractivity contribution in [2.75, 3.05) is 19.6 Å². The third-order valence-corrected chi connectivity index (χ3v) is 5.66. The molecule has 4 heteroatoms. The van der Waals surface area contributed by atoms with Gasteiger partial charge in [0.05, 0.1) is 0 Å². The van der Waals surface area contributed by atoms with Gasteiger partial charge in [0.15, 0.2) is 0 Å². The van der Waals surface area contributed by atoms with E-state index in [4.69, 9.17) is 5.11 Å². The Morgan fingerprint density at radius 1 is 1.23 bits per heavy atom. The van der Waals surface area contributed by atoms with E-state index in [0.29, 0.717) is 24.4 Å². The second-order valence-electron chi connectivity index (χ2n) is 7.52. The molecule has 1 aliphatic heterocycles. The van der Waals surface area contributed by atoms with Crippen LogP contribution in [0.2, 0.25) is 0 Å². The molecule has 0 amide bonds. The van der Waals surface area contributed by atoms with Gasteiger partial charge in [-0.15, -0.1) is 0 Å². The topological polar surface area (TPSA) is 52.6 Å². The largest absolute Gasteiger partial charge is 0.481 e. The average molecular weight is 310 g/mol. The zero-order chi connectivity index (χ0) is 15.9. The number of carboxylic acid groups (broad SMARTS) is 1. The Morgan fingerprint density at radius 3 is 2.59 bits per heavy atom. The molecule has 2 aliphatic rings. The summed E-state index contributed by atoms with van der Waals surface area (Å²) in [5.41, 5.74) is 0. The van der Waals surface area contributed by atoms with Crippen molar-refractivity contribution in [1.29, 1.82) is 0 Å². The fourth-order valence-corrected chi connectivity index (χ4v) is 4.13. The van der Waals surface area contributed by atoms with Crippen LogP contribution in [0.25, 0.3) is 0 Å². The van der Waals surface area contributed by atoms with Crippen LogP contribution in [0.3, 0.4) is 0 Å². The Kier molecular flexibility index (Phi) is 7.16. The van der Waals surface area contributed by atoms with Gasteiger partial charge in [-0.2, -0.15) is 0 Å². The van der Waals surface area contributed by atoms with E-state index in [1.54, 1.807) is 0 Å². The second kappa shape index (κ2) is 8.88. The lowest BCUT2D eigenvalue weighted by molar-refractivity contribution is -0.138. The molecule has 0 radical (unpaired) electrons. The zero-order valence-electron chi connectivity index (χ0n) is 14.4. The van der Waals surface area contributed by atoms with Gasteiger partial charge in [0.2, 0.25) is 0 Å². The van der Waals surface area contributed by atoms with Gasteiger partial charge in [-0.3, -0.25) is 9.69 Å². The van der Waals surface area contributed by atoms with Gasteiger partial charge in [-0.05, 0) is 51.0 Å². The molecule has 1 aliphatic carbocycles. The summed E-state index contributed by atoms with van der Waals surface area (Å²) in [7, 11) is 0. The molecule has 22 heavy (non-hydrogen) atoms. The molecule has 0 spiro atoms. The highest BCUT2D eigenvalue weighted by molar-refractivity contribution is 5.67. The standard InChI is InChI=1S/C18H34N2O2/c1-3-14(2)20-12-16(10-18(21)22)9-17(13-20)19-11-15-7-5-4-6-8-15/h14-17,19H,3-13H2,1-2H3,(H,21,22). The second-order valence-corrected chi connectivity index (χ2v) is 7.52. The minimum Gasteiger partial charge on any atom is -0.481 e. The van der Waals surface area contributed by atoms with Crippen molar-refractivity contribution in [3.05, 3.63) is 0 Å². The van der Waals surface area contributed by atoms with E-state index in [0.717, 1.165) is 38.4 Å². The molecule has 1 saturated carbocycles.